The van der Waals surface area contributed by atoms with Crippen LogP contribution in [0.3, 0.4) is 0 Å². The summed E-state index contributed by atoms with van der Waals surface area (Å²) in [5.74, 6) is 0.699. The van der Waals surface area contributed by atoms with E-state index in [1.54, 1.807) is 6.08 Å². The molecule has 0 aromatic carbocycles. The molecule has 0 spiro atoms. The Labute approximate surface area is 132 Å². The van der Waals surface area contributed by atoms with Crippen LogP contribution in [0.25, 0.3) is 0 Å². The van der Waals surface area contributed by atoms with Crippen LogP contribution in [0.15, 0.2) is 23.8 Å². The number of aliphatic hydroxyl groups is 2. The average Bonchev–Trinajstić information content (AvgIpc) is 2.72. The largest absolute Gasteiger partial charge is 0.392 e. The summed E-state index contributed by atoms with van der Waals surface area (Å²) in [4.78, 5) is 11.7. The summed E-state index contributed by atoms with van der Waals surface area (Å²) in [5.41, 5.74) is 0.0348. The summed E-state index contributed by atoms with van der Waals surface area (Å²) in [6.45, 7) is 4.31. The van der Waals surface area contributed by atoms with E-state index in [-0.39, 0.29) is 28.6 Å². The lowest BCUT2D eigenvalue weighted by molar-refractivity contribution is -0.187. The predicted molar refractivity (Wildman–Crippen MR) is 84.1 cm³/mol. The molecule has 0 aromatic rings. The number of allylic oxidation sites excluding steroid dienone is 4. The van der Waals surface area contributed by atoms with Gasteiger partial charge in [0.1, 0.15) is 0 Å². The Hall–Kier alpha value is -0.930. The molecule has 0 radical (unpaired) electrons. The van der Waals surface area contributed by atoms with Gasteiger partial charge >= 0.3 is 0 Å². The number of fused-ring (bicyclic) bond motifs is 5. The minimum atomic E-state index is -0.751. The van der Waals surface area contributed by atoms with Crippen molar-refractivity contribution in [1.82, 2.24) is 0 Å². The zero-order valence-electron chi connectivity index (χ0n) is 13.5. The molecule has 0 aliphatic heterocycles. The topological polar surface area (TPSA) is 57.5 Å². The Morgan fingerprint density at radius 1 is 1.14 bits per heavy atom. The lowest BCUT2D eigenvalue weighted by Gasteiger charge is -2.60. The first-order valence-electron chi connectivity index (χ1n) is 8.66. The standard InChI is InChI=1S/C19H26O3/c1-17-8-5-13(20)11-12(17)3-4-15-14(17)6-9-18(2)16(21)7-10-19(15,18)22/h5,8,11,14-16,21-22H,3-4,6-7,9-10H2,1-2H3/t14-,15+,16-,17-,18+,19+/m0/s1. The third-order valence-corrected chi connectivity index (χ3v) is 7.69. The number of carbonyl (C=O) groups excluding carboxylic acids is 1. The molecule has 0 unspecified atom stereocenters. The fraction of sp³-hybridized carbons (Fsp3) is 0.737. The summed E-state index contributed by atoms with van der Waals surface area (Å²) < 4.78 is 0. The molecule has 4 rings (SSSR count). The SMILES string of the molecule is C[C@]12C=CC(=O)C=C1CC[C@@H]1[C@@H]2CC[C@]2(C)[C@@H](O)CC[C@@]12O. The summed E-state index contributed by atoms with van der Waals surface area (Å²) in [6.07, 6.45) is 10.4. The van der Waals surface area contributed by atoms with Gasteiger partial charge < -0.3 is 10.2 Å². The van der Waals surface area contributed by atoms with Gasteiger partial charge in [-0.15, -0.1) is 0 Å². The van der Waals surface area contributed by atoms with Crippen molar-refractivity contribution in [2.75, 3.05) is 0 Å². The number of aliphatic hydroxyl groups excluding tert-OH is 1. The molecule has 0 saturated heterocycles. The van der Waals surface area contributed by atoms with Gasteiger partial charge in [0.05, 0.1) is 11.7 Å². The normalized spacial score (nSPS) is 53.5. The van der Waals surface area contributed by atoms with Crippen molar-refractivity contribution in [2.45, 2.75) is 64.1 Å². The molecule has 3 saturated carbocycles. The molecule has 120 valence electrons. The molecule has 3 fully saturated rings. The van der Waals surface area contributed by atoms with Crippen molar-refractivity contribution < 1.29 is 15.0 Å². The molecule has 0 amide bonds. The summed E-state index contributed by atoms with van der Waals surface area (Å²) in [6, 6.07) is 0. The first kappa shape index (κ1) is 14.6. The highest BCUT2D eigenvalue weighted by Gasteiger charge is 2.66. The second kappa shape index (κ2) is 4.33. The number of ketones is 1. The lowest BCUT2D eigenvalue weighted by Crippen LogP contribution is -2.61. The van der Waals surface area contributed by atoms with Crippen LogP contribution in [0.1, 0.15) is 52.4 Å². The van der Waals surface area contributed by atoms with Crippen LogP contribution < -0.4 is 0 Å². The molecule has 0 bridgehead atoms. The number of hydrogen-bond donors (Lipinski definition) is 2. The molecule has 0 heterocycles. The fourth-order valence-electron chi connectivity index (χ4n) is 6.14. The van der Waals surface area contributed by atoms with Gasteiger partial charge in [-0.2, -0.15) is 0 Å². The van der Waals surface area contributed by atoms with Gasteiger partial charge in [0.25, 0.3) is 0 Å². The van der Waals surface area contributed by atoms with Crippen molar-refractivity contribution in [2.24, 2.45) is 22.7 Å². The molecular formula is C19H26O3. The van der Waals surface area contributed by atoms with E-state index in [1.807, 2.05) is 6.08 Å². The number of hydrogen-bond acceptors (Lipinski definition) is 3. The number of rotatable bonds is 0. The highest BCUT2D eigenvalue weighted by atomic mass is 16.3. The van der Waals surface area contributed by atoms with Gasteiger partial charge in [0, 0.05) is 10.8 Å². The maximum atomic E-state index is 11.7. The Bertz CT molecular complexity index is 591. The van der Waals surface area contributed by atoms with Gasteiger partial charge in [-0.25, -0.2) is 0 Å². The van der Waals surface area contributed by atoms with Gasteiger partial charge in [-0.3, -0.25) is 4.79 Å². The van der Waals surface area contributed by atoms with E-state index in [1.165, 1.54) is 5.57 Å². The molecule has 2 N–H and O–H groups in total. The maximum Gasteiger partial charge on any atom is 0.178 e. The fourth-order valence-corrected chi connectivity index (χ4v) is 6.14. The molecule has 4 aliphatic rings. The van der Waals surface area contributed by atoms with Crippen LogP contribution >= 0.6 is 0 Å². The van der Waals surface area contributed by atoms with Gasteiger partial charge in [-0.05, 0) is 62.5 Å². The number of carbonyl (C=O) groups is 1. The van der Waals surface area contributed by atoms with Crippen LogP contribution in [0.4, 0.5) is 0 Å². The first-order chi connectivity index (χ1) is 10.3. The zero-order valence-corrected chi connectivity index (χ0v) is 13.5. The van der Waals surface area contributed by atoms with E-state index < -0.39 is 5.60 Å². The predicted octanol–water partition coefficient (Wildman–Crippen LogP) is 2.77. The highest BCUT2D eigenvalue weighted by Crippen LogP contribution is 2.66. The minimum Gasteiger partial charge on any atom is -0.392 e. The van der Waals surface area contributed by atoms with Crippen LogP contribution in [0, 0.1) is 22.7 Å². The molecule has 3 heteroatoms. The van der Waals surface area contributed by atoms with Crippen molar-refractivity contribution >= 4 is 5.78 Å². The quantitative estimate of drug-likeness (QED) is 0.723. The van der Waals surface area contributed by atoms with Crippen molar-refractivity contribution in [3.8, 4) is 0 Å². The minimum absolute atomic E-state index is 0.0958. The van der Waals surface area contributed by atoms with E-state index in [4.69, 9.17) is 0 Å². The lowest BCUT2D eigenvalue weighted by atomic mass is 9.47. The van der Waals surface area contributed by atoms with E-state index in [9.17, 15) is 15.0 Å². The molecule has 4 aliphatic carbocycles. The smallest absolute Gasteiger partial charge is 0.178 e. The van der Waals surface area contributed by atoms with Crippen molar-refractivity contribution in [3.63, 3.8) is 0 Å². The van der Waals surface area contributed by atoms with Crippen molar-refractivity contribution in [1.29, 1.82) is 0 Å². The zero-order chi connectivity index (χ0) is 15.8. The van der Waals surface area contributed by atoms with Crippen LogP contribution in [0.2, 0.25) is 0 Å². The van der Waals surface area contributed by atoms with E-state index >= 15 is 0 Å². The second-order valence-electron chi connectivity index (χ2n) is 8.37. The van der Waals surface area contributed by atoms with E-state index in [0.29, 0.717) is 18.8 Å². The summed E-state index contributed by atoms with van der Waals surface area (Å²) >= 11 is 0. The van der Waals surface area contributed by atoms with Gasteiger partial charge in [0.2, 0.25) is 0 Å². The second-order valence-corrected chi connectivity index (χ2v) is 8.37. The molecular weight excluding hydrogens is 276 g/mol. The van der Waals surface area contributed by atoms with E-state index in [2.05, 4.69) is 19.9 Å². The third-order valence-electron chi connectivity index (χ3n) is 7.69. The Morgan fingerprint density at radius 3 is 2.68 bits per heavy atom. The van der Waals surface area contributed by atoms with Gasteiger partial charge in [0.15, 0.2) is 5.78 Å². The molecule has 6 atom stereocenters. The molecule has 22 heavy (non-hydrogen) atoms. The molecule has 3 nitrogen and oxygen atoms in total. The third kappa shape index (κ3) is 1.57. The Balaban J connectivity index is 1.76. The summed E-state index contributed by atoms with van der Waals surface area (Å²) in [7, 11) is 0. The molecule has 0 aromatic heterocycles. The Morgan fingerprint density at radius 2 is 1.91 bits per heavy atom. The van der Waals surface area contributed by atoms with Gasteiger partial charge in [-0.1, -0.05) is 25.5 Å². The Kier molecular flexibility index (Phi) is 2.88. The maximum absolute atomic E-state index is 11.7. The first-order valence-corrected chi connectivity index (χ1v) is 8.66. The van der Waals surface area contributed by atoms with E-state index in [0.717, 1.165) is 25.7 Å². The van der Waals surface area contributed by atoms with Crippen LogP contribution in [0.5, 0.6) is 0 Å². The van der Waals surface area contributed by atoms with Crippen LogP contribution in [-0.4, -0.2) is 27.7 Å². The van der Waals surface area contributed by atoms with Crippen LogP contribution in [-0.2, 0) is 4.79 Å². The average molecular weight is 302 g/mol. The van der Waals surface area contributed by atoms with Crippen molar-refractivity contribution in [3.05, 3.63) is 23.8 Å². The summed E-state index contributed by atoms with van der Waals surface area (Å²) in [5, 5.41) is 22.0. The highest BCUT2D eigenvalue weighted by molar-refractivity contribution is 6.01. The monoisotopic (exact) mass is 302 g/mol.